The predicted molar refractivity (Wildman–Crippen MR) is 120 cm³/mol. The molecule has 33 heavy (non-hydrogen) atoms. The highest BCUT2D eigenvalue weighted by Gasteiger charge is 2.31. The molecule has 2 aromatic carbocycles. The van der Waals surface area contributed by atoms with E-state index in [0.717, 1.165) is 16.7 Å². The van der Waals surface area contributed by atoms with Gasteiger partial charge >= 0.3 is 0 Å². The van der Waals surface area contributed by atoms with E-state index < -0.39 is 11.9 Å². The van der Waals surface area contributed by atoms with E-state index in [4.69, 9.17) is 9.15 Å². The van der Waals surface area contributed by atoms with Crippen molar-refractivity contribution in [1.29, 1.82) is 0 Å². The largest absolute Gasteiger partial charge is 0.489 e. The molecular weight excluding hydrogens is 422 g/mol. The second-order valence-corrected chi connectivity index (χ2v) is 7.70. The number of aromatic nitrogens is 3. The van der Waals surface area contributed by atoms with Gasteiger partial charge in [0.05, 0.1) is 18.2 Å². The van der Waals surface area contributed by atoms with Gasteiger partial charge in [-0.25, -0.2) is 4.98 Å². The summed E-state index contributed by atoms with van der Waals surface area (Å²) in [6, 6.07) is 16.2. The van der Waals surface area contributed by atoms with E-state index in [9.17, 15) is 9.59 Å². The third-order valence-electron chi connectivity index (χ3n) is 5.46. The molecule has 0 aliphatic carbocycles. The van der Waals surface area contributed by atoms with E-state index in [-0.39, 0.29) is 18.3 Å². The second kappa shape index (κ2) is 8.62. The van der Waals surface area contributed by atoms with Crippen LogP contribution in [-0.4, -0.2) is 46.7 Å². The van der Waals surface area contributed by atoms with Crippen LogP contribution in [0.2, 0.25) is 0 Å². The number of hydrogen-bond donors (Lipinski definition) is 2. The molecule has 1 aliphatic rings. The zero-order valence-corrected chi connectivity index (χ0v) is 17.8. The van der Waals surface area contributed by atoms with Crippen molar-refractivity contribution in [3.8, 4) is 16.9 Å². The number of hydrogen-bond acceptors (Lipinski definition) is 6. The fraction of sp³-hybridized carbons (Fsp3) is 0.167. The first kappa shape index (κ1) is 20.5. The van der Waals surface area contributed by atoms with Crippen molar-refractivity contribution in [3.63, 3.8) is 0 Å². The number of H-pyrrole nitrogens is 1. The van der Waals surface area contributed by atoms with Gasteiger partial charge in [0, 0.05) is 19.0 Å². The smallest absolute Gasteiger partial charge is 0.291 e. The van der Waals surface area contributed by atoms with E-state index in [1.165, 1.54) is 4.90 Å². The molecule has 0 fully saturated rings. The lowest BCUT2D eigenvalue weighted by atomic mass is 10.1. The lowest BCUT2D eigenvalue weighted by Crippen LogP contribution is -2.49. The Balaban J connectivity index is 1.29. The van der Waals surface area contributed by atoms with Crippen LogP contribution >= 0.6 is 0 Å². The summed E-state index contributed by atoms with van der Waals surface area (Å²) in [5.74, 6) is 0.238. The highest BCUT2D eigenvalue weighted by molar-refractivity contribution is 6.02. The van der Waals surface area contributed by atoms with Crippen LogP contribution in [0, 0.1) is 0 Å². The van der Waals surface area contributed by atoms with E-state index >= 15 is 0 Å². The quantitative estimate of drug-likeness (QED) is 0.490. The van der Waals surface area contributed by atoms with Gasteiger partial charge < -0.3 is 19.4 Å². The highest BCUT2D eigenvalue weighted by atomic mass is 16.5. The number of nitrogens with one attached hydrogen (secondary N) is 2. The fourth-order valence-electron chi connectivity index (χ4n) is 3.70. The van der Waals surface area contributed by atoms with Crippen molar-refractivity contribution < 1.29 is 18.7 Å². The lowest BCUT2D eigenvalue weighted by Gasteiger charge is -2.20. The van der Waals surface area contributed by atoms with Crippen LogP contribution in [0.4, 0.5) is 5.69 Å². The number of ether oxygens (including phenoxy) is 1. The van der Waals surface area contributed by atoms with Crippen LogP contribution in [0.3, 0.4) is 0 Å². The molecule has 166 valence electrons. The van der Waals surface area contributed by atoms with E-state index in [1.54, 1.807) is 25.6 Å². The average Bonchev–Trinajstić information content (AvgIpc) is 3.52. The van der Waals surface area contributed by atoms with Gasteiger partial charge in [0.2, 0.25) is 5.82 Å². The molecule has 2 aromatic heterocycles. The fourth-order valence-corrected chi connectivity index (χ4v) is 3.70. The average molecular weight is 443 g/mol. The Kier molecular flexibility index (Phi) is 5.35. The molecule has 5 rings (SSSR count). The molecule has 9 nitrogen and oxygen atoms in total. The van der Waals surface area contributed by atoms with Crippen LogP contribution < -0.4 is 15.0 Å². The molecule has 0 saturated carbocycles. The van der Waals surface area contributed by atoms with Crippen molar-refractivity contribution in [2.45, 2.75) is 12.5 Å². The minimum atomic E-state index is -0.886. The number of furan rings is 1. The van der Waals surface area contributed by atoms with Crippen molar-refractivity contribution >= 4 is 17.5 Å². The number of nitrogens with zero attached hydrogens (tertiary/aromatic N) is 3. The first-order valence-corrected chi connectivity index (χ1v) is 10.4. The maximum Gasteiger partial charge on any atom is 0.291 e. The van der Waals surface area contributed by atoms with Gasteiger partial charge in [-0.1, -0.05) is 36.4 Å². The molecule has 0 radical (unpaired) electrons. The molecular formula is C24H21N5O4. The topological polar surface area (TPSA) is 113 Å². The van der Waals surface area contributed by atoms with Crippen LogP contribution in [0.1, 0.15) is 22.0 Å². The lowest BCUT2D eigenvalue weighted by molar-refractivity contribution is -0.120. The first-order chi connectivity index (χ1) is 16.1. The standard InChI is InChI=1S/C24H21N5O4/c1-29-19-12-16(17-9-10-32-13-17)7-8-20(19)33-14-18(24(29)31)25-23(30)22-26-21(27-28-22)11-15-5-3-2-4-6-15/h2-10,12-13,18H,11,14H2,1H3,(H,25,30)(H,26,27,28)/t18-/m0/s1. The first-order valence-electron chi connectivity index (χ1n) is 10.4. The maximum absolute atomic E-state index is 13.1. The van der Waals surface area contributed by atoms with Crippen molar-refractivity contribution in [1.82, 2.24) is 20.5 Å². The van der Waals surface area contributed by atoms with Gasteiger partial charge in [0.15, 0.2) is 0 Å². The second-order valence-electron chi connectivity index (χ2n) is 7.70. The molecule has 3 heterocycles. The van der Waals surface area contributed by atoms with Gasteiger partial charge in [0.1, 0.15) is 24.2 Å². The third kappa shape index (κ3) is 4.20. The van der Waals surface area contributed by atoms with Gasteiger partial charge in [-0.05, 0) is 29.3 Å². The highest BCUT2D eigenvalue weighted by Crippen LogP contribution is 2.35. The van der Waals surface area contributed by atoms with Crippen LogP contribution in [0.5, 0.6) is 5.75 Å². The molecule has 0 saturated heterocycles. The SMILES string of the molecule is CN1C(=O)[C@@H](NC(=O)c2n[nH]c(Cc3ccccc3)n2)COc2ccc(-c3ccoc3)cc21. The normalized spacial score (nSPS) is 15.5. The zero-order valence-electron chi connectivity index (χ0n) is 17.8. The number of rotatable bonds is 5. The van der Waals surface area contributed by atoms with E-state index in [0.29, 0.717) is 23.7 Å². The number of aromatic amines is 1. The zero-order chi connectivity index (χ0) is 22.8. The molecule has 9 heteroatoms. The molecule has 4 aromatic rings. The Morgan fingerprint density at radius 1 is 1.18 bits per heavy atom. The number of likely N-dealkylation sites (N-methyl/N-ethyl adjacent to an activating group) is 1. The molecule has 0 spiro atoms. The van der Waals surface area contributed by atoms with Crippen LogP contribution in [0.15, 0.2) is 71.5 Å². The van der Waals surface area contributed by atoms with Crippen LogP contribution in [-0.2, 0) is 11.2 Å². The number of fused-ring (bicyclic) bond motifs is 1. The van der Waals surface area contributed by atoms with Gasteiger partial charge in [-0.15, -0.1) is 5.10 Å². The van der Waals surface area contributed by atoms with Gasteiger partial charge in [-0.3, -0.25) is 14.7 Å². The molecule has 0 unspecified atom stereocenters. The van der Waals surface area contributed by atoms with Gasteiger partial charge in [-0.2, -0.15) is 0 Å². The van der Waals surface area contributed by atoms with Gasteiger partial charge in [0.25, 0.3) is 11.8 Å². The number of benzene rings is 2. The minimum absolute atomic E-state index is 0.00569. The molecule has 2 N–H and O–H groups in total. The summed E-state index contributed by atoms with van der Waals surface area (Å²) in [6.07, 6.45) is 3.74. The van der Waals surface area contributed by atoms with Crippen molar-refractivity contribution in [2.75, 3.05) is 18.6 Å². The molecule has 1 atom stereocenters. The minimum Gasteiger partial charge on any atom is -0.489 e. The summed E-state index contributed by atoms with van der Waals surface area (Å²) >= 11 is 0. The van der Waals surface area contributed by atoms with E-state index in [2.05, 4.69) is 20.5 Å². The third-order valence-corrected chi connectivity index (χ3v) is 5.46. The molecule has 0 bridgehead atoms. The Labute approximate surface area is 189 Å². The number of amides is 2. The number of anilines is 1. The summed E-state index contributed by atoms with van der Waals surface area (Å²) in [6.45, 7) is -0.00569. The Bertz CT molecular complexity index is 1280. The Hall–Kier alpha value is -4.40. The Morgan fingerprint density at radius 2 is 2.03 bits per heavy atom. The summed E-state index contributed by atoms with van der Waals surface area (Å²) < 4.78 is 11.0. The monoisotopic (exact) mass is 443 g/mol. The summed E-state index contributed by atoms with van der Waals surface area (Å²) in [5.41, 5.74) is 3.43. The van der Waals surface area contributed by atoms with Crippen molar-refractivity contribution in [2.24, 2.45) is 0 Å². The summed E-state index contributed by atoms with van der Waals surface area (Å²) in [5, 5.41) is 9.48. The van der Waals surface area contributed by atoms with Crippen LogP contribution in [0.25, 0.3) is 11.1 Å². The van der Waals surface area contributed by atoms with E-state index in [1.807, 2.05) is 48.5 Å². The van der Waals surface area contributed by atoms with Crippen molar-refractivity contribution in [3.05, 3.63) is 84.3 Å². The predicted octanol–water partition coefficient (Wildman–Crippen LogP) is 2.81. The maximum atomic E-state index is 13.1. The molecule has 2 amide bonds. The number of carbonyl (C=O) groups excluding carboxylic acids is 2. The molecule has 1 aliphatic heterocycles. The Morgan fingerprint density at radius 3 is 2.82 bits per heavy atom. The number of carbonyl (C=O) groups is 2. The summed E-state index contributed by atoms with van der Waals surface area (Å²) in [4.78, 5) is 31.6. The summed E-state index contributed by atoms with van der Waals surface area (Å²) in [7, 11) is 1.65.